The summed E-state index contributed by atoms with van der Waals surface area (Å²) in [5, 5.41) is 5.21. The third kappa shape index (κ3) is 10.3. The topological polar surface area (TPSA) is 224 Å². The Morgan fingerprint density at radius 1 is 0.824 bits per heavy atom. The van der Waals surface area contributed by atoms with Crippen LogP contribution in [0.3, 0.4) is 0 Å². The summed E-state index contributed by atoms with van der Waals surface area (Å²) in [7, 11) is 1.51. The number of hydrazine groups is 1. The molecule has 1 fully saturated rings. The van der Waals surface area contributed by atoms with Crippen LogP contribution >= 0.6 is 12.2 Å². The summed E-state index contributed by atoms with van der Waals surface area (Å²) >= 11 is 5.35. The van der Waals surface area contributed by atoms with Gasteiger partial charge in [-0.3, -0.25) is 44.9 Å². The number of benzene rings is 2. The van der Waals surface area contributed by atoms with Gasteiger partial charge in [0.1, 0.15) is 25.0 Å². The number of hydrogen-bond donors (Lipinski definition) is 4. The first-order valence-electron chi connectivity index (χ1n) is 15.3. The SMILES string of the molecule is COc1ccc(C(=O)Nc2nc3ccccc3n2CC(=O)NNC(=S)N[C@@H]2O[C@H](COC(C)=O)[C@@H](OC(C)=O)[C@H](OC(C)=O)[C@H]2OC(C)=O)cc1. The Morgan fingerprint density at radius 3 is 2.08 bits per heavy atom. The van der Waals surface area contributed by atoms with E-state index >= 15 is 0 Å². The zero-order valence-corrected chi connectivity index (χ0v) is 28.9. The molecule has 5 atom stereocenters. The highest BCUT2D eigenvalue weighted by Crippen LogP contribution is 2.28. The van der Waals surface area contributed by atoms with E-state index in [0.29, 0.717) is 22.3 Å². The van der Waals surface area contributed by atoms with E-state index in [9.17, 15) is 28.8 Å². The summed E-state index contributed by atoms with van der Waals surface area (Å²) in [6, 6.07) is 13.4. The van der Waals surface area contributed by atoms with Crippen molar-refractivity contribution in [3.8, 4) is 5.75 Å². The van der Waals surface area contributed by atoms with Crippen LogP contribution in [0.1, 0.15) is 38.1 Å². The Morgan fingerprint density at radius 2 is 1.45 bits per heavy atom. The molecule has 0 aliphatic carbocycles. The minimum absolute atomic E-state index is 0.102. The molecule has 1 saturated heterocycles. The van der Waals surface area contributed by atoms with Crippen LogP contribution < -0.4 is 26.2 Å². The number of para-hydroxylation sites is 2. The highest BCUT2D eigenvalue weighted by atomic mass is 32.1. The van der Waals surface area contributed by atoms with Gasteiger partial charge in [-0.25, -0.2) is 4.98 Å². The number of rotatable bonds is 11. The van der Waals surface area contributed by atoms with Crippen molar-refractivity contribution in [3.05, 3.63) is 54.1 Å². The third-order valence-corrected chi connectivity index (χ3v) is 7.33. The summed E-state index contributed by atoms with van der Waals surface area (Å²) in [6.07, 6.45) is -6.82. The second-order valence-corrected chi connectivity index (χ2v) is 11.4. The van der Waals surface area contributed by atoms with Crippen molar-refractivity contribution < 1.29 is 57.2 Å². The van der Waals surface area contributed by atoms with Gasteiger partial charge in [-0.2, -0.15) is 0 Å². The zero-order chi connectivity index (χ0) is 37.2. The highest BCUT2D eigenvalue weighted by molar-refractivity contribution is 7.80. The number of imidazole rings is 1. The van der Waals surface area contributed by atoms with E-state index in [1.54, 1.807) is 48.5 Å². The van der Waals surface area contributed by atoms with E-state index in [4.69, 9.17) is 40.6 Å². The summed E-state index contributed by atoms with van der Waals surface area (Å²) in [5.41, 5.74) is 6.35. The van der Waals surface area contributed by atoms with Crippen LogP contribution in [0.4, 0.5) is 5.95 Å². The number of methoxy groups -OCH3 is 1. The van der Waals surface area contributed by atoms with Crippen molar-refractivity contribution in [1.29, 1.82) is 0 Å². The van der Waals surface area contributed by atoms with E-state index in [-0.39, 0.29) is 17.6 Å². The molecular weight excluding hydrogens is 692 g/mol. The first-order valence-corrected chi connectivity index (χ1v) is 15.7. The van der Waals surface area contributed by atoms with E-state index in [1.807, 2.05) is 0 Å². The normalized spacial score (nSPS) is 19.5. The Labute approximate surface area is 296 Å². The van der Waals surface area contributed by atoms with Gasteiger partial charge >= 0.3 is 23.9 Å². The predicted molar refractivity (Wildman–Crippen MR) is 180 cm³/mol. The molecule has 0 radical (unpaired) electrons. The van der Waals surface area contributed by atoms with Gasteiger partial charge in [0.2, 0.25) is 5.95 Å². The maximum absolute atomic E-state index is 13.2. The van der Waals surface area contributed by atoms with Crippen LogP contribution in [0.25, 0.3) is 11.0 Å². The summed E-state index contributed by atoms with van der Waals surface area (Å²) in [6.45, 7) is 3.67. The zero-order valence-electron chi connectivity index (χ0n) is 28.1. The number of nitrogens with one attached hydrogen (secondary N) is 4. The second-order valence-electron chi connectivity index (χ2n) is 11.0. The number of esters is 4. The molecule has 0 unspecified atom stereocenters. The second kappa shape index (κ2) is 17.2. The first kappa shape index (κ1) is 38.0. The number of carbonyl (C=O) groups is 6. The monoisotopic (exact) mass is 728 g/mol. The van der Waals surface area contributed by atoms with Gasteiger partial charge in [-0.15, -0.1) is 0 Å². The molecule has 1 aliphatic rings. The van der Waals surface area contributed by atoms with E-state index in [1.165, 1.54) is 11.7 Å². The van der Waals surface area contributed by atoms with Gasteiger partial charge in [-0.1, -0.05) is 12.1 Å². The molecule has 2 amide bonds. The number of fused-ring (bicyclic) bond motifs is 1. The van der Waals surface area contributed by atoms with Gasteiger partial charge in [0.25, 0.3) is 11.8 Å². The van der Waals surface area contributed by atoms with Gasteiger partial charge in [-0.05, 0) is 48.6 Å². The molecule has 19 heteroatoms. The molecule has 4 N–H and O–H groups in total. The minimum atomic E-state index is -1.44. The number of amides is 2. The number of ether oxygens (including phenoxy) is 6. The lowest BCUT2D eigenvalue weighted by molar-refractivity contribution is -0.254. The number of aromatic nitrogens is 2. The number of anilines is 1. The molecule has 4 rings (SSSR count). The maximum Gasteiger partial charge on any atom is 0.303 e. The van der Waals surface area contributed by atoms with Crippen LogP contribution in [0.2, 0.25) is 0 Å². The Bertz CT molecular complexity index is 1800. The molecule has 1 aromatic heterocycles. The molecule has 2 heterocycles. The van der Waals surface area contributed by atoms with Crippen LogP contribution in [-0.2, 0) is 54.2 Å². The lowest BCUT2D eigenvalue weighted by Crippen LogP contribution is -2.67. The molecule has 51 heavy (non-hydrogen) atoms. The molecule has 18 nitrogen and oxygen atoms in total. The number of hydrogen-bond acceptors (Lipinski definition) is 14. The van der Waals surface area contributed by atoms with Gasteiger partial charge in [0, 0.05) is 33.3 Å². The fourth-order valence-electron chi connectivity index (χ4n) is 5.07. The number of nitrogens with zero attached hydrogens (tertiary/aromatic N) is 2. The molecule has 1 aliphatic heterocycles. The Hall–Kier alpha value is -5.82. The summed E-state index contributed by atoms with van der Waals surface area (Å²) in [5.74, 6) is -3.48. The summed E-state index contributed by atoms with van der Waals surface area (Å²) < 4.78 is 33.8. The van der Waals surface area contributed by atoms with Crippen molar-refractivity contribution in [2.75, 3.05) is 19.0 Å². The molecular formula is C32H36N6O12S. The Balaban J connectivity index is 1.49. The average Bonchev–Trinajstić information content (AvgIpc) is 3.41. The average molecular weight is 729 g/mol. The van der Waals surface area contributed by atoms with E-state index < -0.39 is 72.9 Å². The fourth-order valence-corrected chi connectivity index (χ4v) is 5.23. The van der Waals surface area contributed by atoms with Crippen LogP contribution in [0.5, 0.6) is 5.75 Å². The van der Waals surface area contributed by atoms with Gasteiger partial charge in [0.05, 0.1) is 18.1 Å². The van der Waals surface area contributed by atoms with Crippen molar-refractivity contribution in [1.82, 2.24) is 25.7 Å². The standard InChI is InChI=1S/C32H36N6O12S/c1-16(39)46-15-24-26(47-17(2)40)27(48-18(3)41)28(49-19(4)42)30(50-24)35-32(51)37-36-25(43)14-38-23-9-7-6-8-22(23)33-31(38)34-29(44)20-10-12-21(45-5)13-11-20/h6-13,24,26-28,30H,14-15H2,1-5H3,(H,36,43)(H,33,34,44)(H2,35,37,51)/t24-,26-,27+,28-,30-/m1/s1. The van der Waals surface area contributed by atoms with Gasteiger partial charge < -0.3 is 38.3 Å². The predicted octanol–water partition coefficient (Wildman–Crippen LogP) is 0.876. The lowest BCUT2D eigenvalue weighted by atomic mass is 9.97. The van der Waals surface area contributed by atoms with Crippen molar-refractivity contribution in [3.63, 3.8) is 0 Å². The number of thiocarbonyl (C=S) groups is 1. The van der Waals surface area contributed by atoms with Crippen LogP contribution in [0, 0.1) is 0 Å². The molecule has 2 aromatic carbocycles. The van der Waals surface area contributed by atoms with Gasteiger partial charge in [0.15, 0.2) is 29.7 Å². The fraction of sp³-hybridized carbons (Fsp3) is 0.375. The quantitative estimate of drug-likeness (QED) is 0.0931. The Kier molecular flexibility index (Phi) is 12.8. The molecule has 3 aromatic rings. The van der Waals surface area contributed by atoms with Crippen LogP contribution in [-0.4, -0.2) is 94.7 Å². The minimum Gasteiger partial charge on any atom is -0.497 e. The van der Waals surface area contributed by atoms with E-state index in [0.717, 1.165) is 27.7 Å². The molecule has 0 bridgehead atoms. The third-order valence-electron chi connectivity index (χ3n) is 7.11. The van der Waals surface area contributed by atoms with Crippen molar-refractivity contribution in [2.24, 2.45) is 0 Å². The van der Waals surface area contributed by atoms with E-state index in [2.05, 4.69) is 26.5 Å². The van der Waals surface area contributed by atoms with Crippen molar-refractivity contribution >= 4 is 70.0 Å². The summed E-state index contributed by atoms with van der Waals surface area (Å²) in [4.78, 5) is 78.4. The molecule has 0 saturated carbocycles. The smallest absolute Gasteiger partial charge is 0.303 e. The maximum atomic E-state index is 13.2. The number of carbonyl (C=O) groups excluding carboxylic acids is 6. The van der Waals surface area contributed by atoms with Crippen molar-refractivity contribution in [2.45, 2.75) is 64.9 Å². The van der Waals surface area contributed by atoms with Crippen LogP contribution in [0.15, 0.2) is 48.5 Å². The lowest BCUT2D eigenvalue weighted by Gasteiger charge is -2.44. The largest absolute Gasteiger partial charge is 0.497 e. The molecule has 0 spiro atoms. The first-order chi connectivity index (χ1) is 24.2. The molecule has 272 valence electrons. The highest BCUT2D eigenvalue weighted by Gasteiger charge is 2.52.